The number of piperidine rings is 1. The van der Waals surface area contributed by atoms with Gasteiger partial charge in [0.2, 0.25) is 5.91 Å². The number of likely N-dealkylation sites (tertiary alicyclic amines) is 1. The summed E-state index contributed by atoms with van der Waals surface area (Å²) in [4.78, 5) is 12.7. The second-order valence-corrected chi connectivity index (χ2v) is 3.18. The number of carbonyl (C=O) groups excluding carboxylic acids is 1. The van der Waals surface area contributed by atoms with Gasteiger partial charge in [0, 0.05) is 20.0 Å². The van der Waals surface area contributed by atoms with E-state index in [1.165, 1.54) is 6.42 Å². The number of fused-ring (bicyclic) bond motifs is 1. The smallest absolute Gasteiger partial charge is 0.219 e. The standard InChI is InChI=1S/C7H11NO/c1-5(9)8-3-6-2-7(6)4-8/h6-7H,2-4H2,1H3. The van der Waals surface area contributed by atoms with Crippen LogP contribution in [0.15, 0.2) is 0 Å². The SMILES string of the molecule is CC(=O)N1CC2CC2C1. The zero-order chi connectivity index (χ0) is 6.43. The van der Waals surface area contributed by atoms with Crippen molar-refractivity contribution in [3.05, 3.63) is 0 Å². The Balaban J connectivity index is 1.97. The van der Waals surface area contributed by atoms with Crippen molar-refractivity contribution in [1.29, 1.82) is 0 Å². The summed E-state index contributed by atoms with van der Waals surface area (Å²) in [6.07, 6.45) is 1.38. The van der Waals surface area contributed by atoms with Gasteiger partial charge in [-0.1, -0.05) is 0 Å². The van der Waals surface area contributed by atoms with Crippen molar-refractivity contribution < 1.29 is 4.79 Å². The van der Waals surface area contributed by atoms with Crippen molar-refractivity contribution in [3.8, 4) is 0 Å². The van der Waals surface area contributed by atoms with E-state index in [1.807, 2.05) is 4.90 Å². The van der Waals surface area contributed by atoms with Gasteiger partial charge in [-0.25, -0.2) is 0 Å². The molecule has 1 heterocycles. The minimum Gasteiger partial charge on any atom is -0.342 e. The van der Waals surface area contributed by atoms with Crippen LogP contribution in [0.1, 0.15) is 13.3 Å². The van der Waals surface area contributed by atoms with E-state index in [1.54, 1.807) is 6.92 Å². The fourth-order valence-corrected chi connectivity index (χ4v) is 1.66. The highest BCUT2D eigenvalue weighted by Crippen LogP contribution is 2.44. The molecule has 0 radical (unpaired) electrons. The first kappa shape index (κ1) is 5.27. The number of hydrogen-bond acceptors (Lipinski definition) is 1. The fraction of sp³-hybridized carbons (Fsp3) is 0.857. The Kier molecular flexibility index (Phi) is 0.875. The molecule has 9 heavy (non-hydrogen) atoms. The summed E-state index contributed by atoms with van der Waals surface area (Å²) < 4.78 is 0. The first-order valence-corrected chi connectivity index (χ1v) is 3.53. The molecule has 1 amide bonds. The van der Waals surface area contributed by atoms with E-state index in [9.17, 15) is 4.79 Å². The molecule has 2 atom stereocenters. The maximum atomic E-state index is 10.7. The van der Waals surface area contributed by atoms with Gasteiger partial charge in [0.1, 0.15) is 0 Å². The molecule has 2 aliphatic rings. The quantitative estimate of drug-likeness (QED) is 0.461. The molecule has 0 aromatic rings. The zero-order valence-electron chi connectivity index (χ0n) is 5.63. The van der Waals surface area contributed by atoms with E-state index in [-0.39, 0.29) is 5.91 Å². The third-order valence-electron chi connectivity index (χ3n) is 2.42. The van der Waals surface area contributed by atoms with Crippen LogP contribution in [-0.2, 0) is 4.79 Å². The summed E-state index contributed by atoms with van der Waals surface area (Å²) in [5.41, 5.74) is 0. The molecule has 50 valence electrons. The van der Waals surface area contributed by atoms with E-state index >= 15 is 0 Å². The third kappa shape index (κ3) is 0.732. The maximum absolute atomic E-state index is 10.7. The van der Waals surface area contributed by atoms with Gasteiger partial charge in [0.25, 0.3) is 0 Å². The second-order valence-electron chi connectivity index (χ2n) is 3.18. The van der Waals surface area contributed by atoms with Gasteiger partial charge in [0.05, 0.1) is 0 Å². The van der Waals surface area contributed by atoms with E-state index in [0.29, 0.717) is 0 Å². The van der Waals surface area contributed by atoms with Crippen molar-refractivity contribution in [2.75, 3.05) is 13.1 Å². The van der Waals surface area contributed by atoms with Crippen LogP contribution in [0.5, 0.6) is 0 Å². The van der Waals surface area contributed by atoms with Crippen LogP contribution in [0.25, 0.3) is 0 Å². The van der Waals surface area contributed by atoms with Crippen molar-refractivity contribution in [3.63, 3.8) is 0 Å². The summed E-state index contributed by atoms with van der Waals surface area (Å²) in [7, 11) is 0. The average Bonchev–Trinajstić information content (AvgIpc) is 2.40. The molecule has 0 aromatic heterocycles. The molecule has 1 saturated heterocycles. The normalized spacial score (nSPS) is 38.6. The Morgan fingerprint density at radius 3 is 2.33 bits per heavy atom. The first-order valence-electron chi connectivity index (χ1n) is 3.53. The summed E-state index contributed by atoms with van der Waals surface area (Å²) >= 11 is 0. The predicted molar refractivity (Wildman–Crippen MR) is 33.9 cm³/mol. The van der Waals surface area contributed by atoms with E-state index in [2.05, 4.69) is 0 Å². The third-order valence-corrected chi connectivity index (χ3v) is 2.42. The maximum Gasteiger partial charge on any atom is 0.219 e. The summed E-state index contributed by atoms with van der Waals surface area (Å²) in [6, 6.07) is 0. The lowest BCUT2D eigenvalue weighted by Crippen LogP contribution is -2.27. The van der Waals surface area contributed by atoms with Crippen molar-refractivity contribution in [2.24, 2.45) is 11.8 Å². The summed E-state index contributed by atoms with van der Waals surface area (Å²) in [5.74, 6) is 2.02. The van der Waals surface area contributed by atoms with Crippen LogP contribution in [0.2, 0.25) is 0 Å². The van der Waals surface area contributed by atoms with E-state index in [4.69, 9.17) is 0 Å². The monoisotopic (exact) mass is 125 g/mol. The van der Waals surface area contributed by atoms with Gasteiger partial charge in [-0.2, -0.15) is 0 Å². The number of rotatable bonds is 0. The molecule has 1 saturated carbocycles. The minimum absolute atomic E-state index is 0.252. The minimum atomic E-state index is 0.252. The Morgan fingerprint density at radius 1 is 1.44 bits per heavy atom. The summed E-state index contributed by atoms with van der Waals surface area (Å²) in [5, 5.41) is 0. The molecule has 2 rings (SSSR count). The second kappa shape index (κ2) is 1.49. The van der Waals surface area contributed by atoms with Crippen molar-refractivity contribution in [1.82, 2.24) is 4.90 Å². The van der Waals surface area contributed by atoms with Crippen molar-refractivity contribution >= 4 is 5.91 Å². The molecule has 0 N–H and O–H groups in total. The van der Waals surface area contributed by atoms with Gasteiger partial charge < -0.3 is 4.90 Å². The summed E-state index contributed by atoms with van der Waals surface area (Å²) in [6.45, 7) is 3.74. The largest absolute Gasteiger partial charge is 0.342 e. The van der Waals surface area contributed by atoms with Crippen LogP contribution in [0.3, 0.4) is 0 Å². The fourth-order valence-electron chi connectivity index (χ4n) is 1.66. The highest BCUT2D eigenvalue weighted by molar-refractivity contribution is 5.73. The number of carbonyl (C=O) groups is 1. The predicted octanol–water partition coefficient (Wildman–Crippen LogP) is 0.485. The molecule has 0 aromatic carbocycles. The molecule has 1 aliphatic carbocycles. The Morgan fingerprint density at radius 2 is 2.00 bits per heavy atom. The van der Waals surface area contributed by atoms with Crippen LogP contribution >= 0.6 is 0 Å². The molecule has 2 fully saturated rings. The van der Waals surface area contributed by atoms with Crippen LogP contribution in [0, 0.1) is 11.8 Å². The van der Waals surface area contributed by atoms with Crippen LogP contribution in [0.4, 0.5) is 0 Å². The molecule has 1 aliphatic heterocycles. The van der Waals surface area contributed by atoms with E-state index in [0.717, 1.165) is 24.9 Å². The highest BCUT2D eigenvalue weighted by atomic mass is 16.2. The molecule has 0 spiro atoms. The molecule has 0 bridgehead atoms. The number of nitrogens with zero attached hydrogens (tertiary/aromatic N) is 1. The van der Waals surface area contributed by atoms with Gasteiger partial charge in [-0.05, 0) is 18.3 Å². The number of amides is 1. The molecule has 2 nitrogen and oxygen atoms in total. The lowest BCUT2D eigenvalue weighted by Gasteiger charge is -2.14. The number of hydrogen-bond donors (Lipinski definition) is 0. The van der Waals surface area contributed by atoms with Gasteiger partial charge >= 0.3 is 0 Å². The van der Waals surface area contributed by atoms with Gasteiger partial charge in [-0.3, -0.25) is 4.79 Å². The zero-order valence-corrected chi connectivity index (χ0v) is 5.63. The Hall–Kier alpha value is -0.530. The molecule has 2 heteroatoms. The molecular weight excluding hydrogens is 114 g/mol. The van der Waals surface area contributed by atoms with Crippen LogP contribution < -0.4 is 0 Å². The molecule has 2 unspecified atom stereocenters. The lowest BCUT2D eigenvalue weighted by atomic mass is 10.4. The van der Waals surface area contributed by atoms with E-state index < -0.39 is 0 Å². The van der Waals surface area contributed by atoms with Gasteiger partial charge in [-0.15, -0.1) is 0 Å². The Bertz CT molecular complexity index is 145. The topological polar surface area (TPSA) is 20.3 Å². The highest BCUT2D eigenvalue weighted by Gasteiger charge is 2.45. The molecular formula is C7H11NO. The average molecular weight is 125 g/mol. The lowest BCUT2D eigenvalue weighted by molar-refractivity contribution is -0.128. The van der Waals surface area contributed by atoms with Gasteiger partial charge in [0.15, 0.2) is 0 Å². The Labute approximate surface area is 54.8 Å². The van der Waals surface area contributed by atoms with Crippen molar-refractivity contribution in [2.45, 2.75) is 13.3 Å². The van der Waals surface area contributed by atoms with Crippen LogP contribution in [-0.4, -0.2) is 23.9 Å². The first-order chi connectivity index (χ1) is 4.27.